The summed E-state index contributed by atoms with van der Waals surface area (Å²) in [7, 11) is 0. The summed E-state index contributed by atoms with van der Waals surface area (Å²) in [4.78, 5) is 12.4. The van der Waals surface area contributed by atoms with Crippen LogP contribution in [0.1, 0.15) is 39.0 Å². The van der Waals surface area contributed by atoms with Crippen LogP contribution in [0.3, 0.4) is 0 Å². The number of nitrogens with zero attached hydrogens (tertiary/aromatic N) is 4. The molecule has 2 unspecified atom stereocenters. The maximum atomic E-state index is 5.73. The van der Waals surface area contributed by atoms with Gasteiger partial charge in [0.15, 0.2) is 5.96 Å². The number of likely N-dealkylation sites (N-methyl/N-ethyl adjacent to an activating group) is 1. The molecule has 2 fully saturated rings. The average Bonchev–Trinajstić information content (AvgIpc) is 3.43. The fraction of sp³-hybridized carbons (Fsp3) is 0.762. The predicted octanol–water partition coefficient (Wildman–Crippen LogP) is 2.03. The van der Waals surface area contributed by atoms with Crippen LogP contribution >= 0.6 is 0 Å². The Morgan fingerprint density at radius 1 is 1.25 bits per heavy atom. The van der Waals surface area contributed by atoms with Crippen molar-refractivity contribution in [2.45, 2.75) is 39.3 Å². The first-order chi connectivity index (χ1) is 13.8. The Kier molecular flexibility index (Phi) is 8.18. The molecule has 0 aliphatic carbocycles. The maximum Gasteiger partial charge on any atom is 0.194 e. The van der Waals surface area contributed by atoms with E-state index in [1.165, 1.54) is 6.42 Å². The summed E-state index contributed by atoms with van der Waals surface area (Å²) in [6.07, 6.45) is 2.95. The lowest BCUT2D eigenvalue weighted by atomic mass is 10.2. The lowest BCUT2D eigenvalue weighted by Gasteiger charge is -2.32. The van der Waals surface area contributed by atoms with Crippen molar-refractivity contribution in [3.8, 4) is 0 Å². The van der Waals surface area contributed by atoms with Crippen molar-refractivity contribution in [1.29, 1.82) is 0 Å². The normalized spacial score (nSPS) is 22.8. The summed E-state index contributed by atoms with van der Waals surface area (Å²) < 4.78 is 11.2. The third kappa shape index (κ3) is 5.27. The van der Waals surface area contributed by atoms with E-state index in [9.17, 15) is 0 Å². The second kappa shape index (κ2) is 10.8. The second-order valence-corrected chi connectivity index (χ2v) is 7.48. The van der Waals surface area contributed by atoms with E-state index in [-0.39, 0.29) is 6.04 Å². The van der Waals surface area contributed by atoms with E-state index >= 15 is 0 Å². The highest BCUT2D eigenvalue weighted by atomic mass is 16.5. The minimum absolute atomic E-state index is 0.177. The fourth-order valence-corrected chi connectivity index (χ4v) is 4.30. The van der Waals surface area contributed by atoms with Gasteiger partial charge in [0.05, 0.1) is 32.1 Å². The first-order valence-electron chi connectivity index (χ1n) is 10.9. The van der Waals surface area contributed by atoms with Crippen LogP contribution in [-0.4, -0.2) is 92.3 Å². The van der Waals surface area contributed by atoms with Gasteiger partial charge in [-0.3, -0.25) is 14.8 Å². The molecule has 0 radical (unpaired) electrons. The van der Waals surface area contributed by atoms with Crippen LogP contribution in [0.25, 0.3) is 0 Å². The zero-order valence-corrected chi connectivity index (χ0v) is 17.8. The van der Waals surface area contributed by atoms with E-state index in [0.29, 0.717) is 12.6 Å². The van der Waals surface area contributed by atoms with E-state index < -0.39 is 0 Å². The van der Waals surface area contributed by atoms with Gasteiger partial charge < -0.3 is 19.4 Å². The Morgan fingerprint density at radius 2 is 2.04 bits per heavy atom. The number of morpholine rings is 1. The molecule has 1 N–H and O–H groups in total. The lowest BCUT2D eigenvalue weighted by Crippen LogP contribution is -2.47. The van der Waals surface area contributed by atoms with Gasteiger partial charge in [-0.05, 0) is 38.6 Å². The van der Waals surface area contributed by atoms with Crippen LogP contribution in [0.5, 0.6) is 0 Å². The van der Waals surface area contributed by atoms with Gasteiger partial charge in [-0.1, -0.05) is 13.8 Å². The molecule has 1 aromatic heterocycles. The Bertz CT molecular complexity index is 582. The third-order valence-corrected chi connectivity index (χ3v) is 5.90. The Labute approximate surface area is 169 Å². The van der Waals surface area contributed by atoms with Gasteiger partial charge in [0, 0.05) is 38.8 Å². The van der Waals surface area contributed by atoms with E-state index in [1.54, 1.807) is 6.26 Å². The molecule has 7 nitrogen and oxygen atoms in total. The third-order valence-electron chi connectivity index (χ3n) is 5.90. The first kappa shape index (κ1) is 21.1. The molecule has 3 rings (SSSR count). The molecule has 2 aliphatic rings. The van der Waals surface area contributed by atoms with Gasteiger partial charge in [0.25, 0.3) is 0 Å². The van der Waals surface area contributed by atoms with Crippen molar-refractivity contribution in [1.82, 2.24) is 20.0 Å². The van der Waals surface area contributed by atoms with Crippen LogP contribution in [-0.2, 0) is 4.74 Å². The topological polar surface area (TPSA) is 56.5 Å². The molecule has 2 aliphatic heterocycles. The van der Waals surface area contributed by atoms with Crippen LogP contribution < -0.4 is 5.32 Å². The average molecular weight is 392 g/mol. The minimum atomic E-state index is 0.177. The molecule has 0 amide bonds. The van der Waals surface area contributed by atoms with Gasteiger partial charge >= 0.3 is 0 Å². The SMILES string of the molecule is CCNC(=NCC(c1ccco1)N(CC)CC)N1CCC(N2CCOCC2)C1. The standard InChI is InChI=1S/C21H37N5O2/c1-4-22-21(26-10-9-18(17-26)25-11-14-27-15-12-25)23-16-19(24(5-2)6-3)20-8-7-13-28-20/h7-8,13,18-19H,4-6,9-12,14-17H2,1-3H3,(H,22,23). The molecule has 7 heteroatoms. The molecule has 28 heavy (non-hydrogen) atoms. The summed E-state index contributed by atoms with van der Waals surface area (Å²) in [6.45, 7) is 16.0. The van der Waals surface area contributed by atoms with Crippen molar-refractivity contribution < 1.29 is 9.15 Å². The van der Waals surface area contributed by atoms with E-state index in [4.69, 9.17) is 14.1 Å². The summed E-state index contributed by atoms with van der Waals surface area (Å²) in [6, 6.07) is 4.82. The lowest BCUT2D eigenvalue weighted by molar-refractivity contribution is 0.0195. The number of likely N-dealkylation sites (tertiary alicyclic amines) is 1. The van der Waals surface area contributed by atoms with Gasteiger partial charge in [-0.25, -0.2) is 0 Å². The molecular weight excluding hydrogens is 354 g/mol. The van der Waals surface area contributed by atoms with Gasteiger partial charge in [0.2, 0.25) is 0 Å². The zero-order chi connectivity index (χ0) is 19.8. The second-order valence-electron chi connectivity index (χ2n) is 7.48. The quantitative estimate of drug-likeness (QED) is 0.541. The molecule has 2 atom stereocenters. The number of ether oxygens (including phenoxy) is 1. The number of aliphatic imine (C=N–C) groups is 1. The number of furan rings is 1. The van der Waals surface area contributed by atoms with Crippen LogP contribution in [0, 0.1) is 0 Å². The molecule has 158 valence electrons. The molecule has 0 spiro atoms. The van der Waals surface area contributed by atoms with E-state index in [2.05, 4.69) is 46.9 Å². The smallest absolute Gasteiger partial charge is 0.194 e. The predicted molar refractivity (Wildman–Crippen MR) is 113 cm³/mol. The molecular formula is C21H37N5O2. The number of guanidine groups is 1. The molecule has 0 saturated carbocycles. The Balaban J connectivity index is 1.67. The molecule has 2 saturated heterocycles. The highest BCUT2D eigenvalue weighted by Crippen LogP contribution is 2.22. The monoisotopic (exact) mass is 391 g/mol. The summed E-state index contributed by atoms with van der Waals surface area (Å²) >= 11 is 0. The highest BCUT2D eigenvalue weighted by Gasteiger charge is 2.30. The van der Waals surface area contributed by atoms with Gasteiger partial charge in [0.1, 0.15) is 5.76 Å². The number of hydrogen-bond acceptors (Lipinski definition) is 5. The number of rotatable bonds is 8. The largest absolute Gasteiger partial charge is 0.468 e. The maximum absolute atomic E-state index is 5.73. The van der Waals surface area contributed by atoms with Gasteiger partial charge in [-0.2, -0.15) is 0 Å². The minimum Gasteiger partial charge on any atom is -0.468 e. The van der Waals surface area contributed by atoms with Crippen molar-refractivity contribution in [2.24, 2.45) is 4.99 Å². The van der Waals surface area contributed by atoms with Crippen molar-refractivity contribution >= 4 is 5.96 Å². The van der Waals surface area contributed by atoms with Crippen LogP contribution in [0.15, 0.2) is 27.8 Å². The van der Waals surface area contributed by atoms with Crippen molar-refractivity contribution in [3.05, 3.63) is 24.2 Å². The molecule has 0 aromatic carbocycles. The highest BCUT2D eigenvalue weighted by molar-refractivity contribution is 5.80. The number of hydrogen-bond donors (Lipinski definition) is 1. The number of nitrogens with one attached hydrogen (secondary N) is 1. The van der Waals surface area contributed by atoms with Crippen molar-refractivity contribution in [3.63, 3.8) is 0 Å². The van der Waals surface area contributed by atoms with Gasteiger partial charge in [-0.15, -0.1) is 0 Å². The Morgan fingerprint density at radius 3 is 2.68 bits per heavy atom. The van der Waals surface area contributed by atoms with Crippen LogP contribution in [0.2, 0.25) is 0 Å². The summed E-state index contributed by atoms with van der Waals surface area (Å²) in [5.41, 5.74) is 0. The van der Waals surface area contributed by atoms with Crippen molar-refractivity contribution in [2.75, 3.05) is 65.6 Å². The van der Waals surface area contributed by atoms with E-state index in [1.807, 2.05) is 6.07 Å². The Hall–Kier alpha value is -1.57. The van der Waals surface area contributed by atoms with Crippen LogP contribution in [0.4, 0.5) is 0 Å². The van der Waals surface area contributed by atoms with E-state index in [0.717, 1.165) is 70.7 Å². The summed E-state index contributed by atoms with van der Waals surface area (Å²) in [5.74, 6) is 2.03. The molecule has 0 bridgehead atoms. The molecule has 3 heterocycles. The summed E-state index contributed by atoms with van der Waals surface area (Å²) in [5, 5.41) is 3.51. The fourth-order valence-electron chi connectivity index (χ4n) is 4.30. The first-order valence-corrected chi connectivity index (χ1v) is 10.9. The zero-order valence-electron chi connectivity index (χ0n) is 17.8. The molecule has 1 aromatic rings.